The second-order valence-corrected chi connectivity index (χ2v) is 7.42. The van der Waals surface area contributed by atoms with Gasteiger partial charge in [0.05, 0.1) is 19.3 Å². The molecule has 0 saturated heterocycles. The molecule has 1 unspecified atom stereocenters. The van der Waals surface area contributed by atoms with Crippen molar-refractivity contribution in [3.8, 4) is 0 Å². The number of ether oxygens (including phenoxy) is 2. The van der Waals surface area contributed by atoms with Gasteiger partial charge in [-0.1, -0.05) is 25.7 Å². The molecule has 1 atom stereocenters. The summed E-state index contributed by atoms with van der Waals surface area (Å²) in [4.78, 5) is 8.87. The van der Waals surface area contributed by atoms with E-state index < -0.39 is 0 Å². The number of aromatic nitrogens is 3. The van der Waals surface area contributed by atoms with Gasteiger partial charge < -0.3 is 20.1 Å². The Labute approximate surface area is 185 Å². The molecule has 0 bridgehead atoms. The second kappa shape index (κ2) is 12.6. The Balaban J connectivity index is 0.00000280. The predicted octanol–water partition coefficient (Wildman–Crippen LogP) is 2.26. The summed E-state index contributed by atoms with van der Waals surface area (Å²) in [6.07, 6.45) is 10.1. The fraction of sp³-hybridized carbons (Fsp3) is 0.842. The summed E-state index contributed by atoms with van der Waals surface area (Å²) in [5.41, 5.74) is 0. The normalized spacial score (nSPS) is 20.8. The first-order chi connectivity index (χ1) is 13.3. The highest BCUT2D eigenvalue weighted by Gasteiger charge is 2.22. The Morgan fingerprint density at radius 1 is 1.21 bits per heavy atom. The van der Waals surface area contributed by atoms with Crippen molar-refractivity contribution in [2.45, 2.75) is 76.7 Å². The third kappa shape index (κ3) is 7.14. The Kier molecular flexibility index (Phi) is 10.5. The number of hydrogen-bond donors (Lipinski definition) is 2. The SMILES string of the molecule is CN=C(NCCOC1CCCCCC1)NC1CCc2nc(COC)nn2C1.I. The highest BCUT2D eigenvalue weighted by Crippen LogP contribution is 2.19. The molecule has 3 rings (SSSR count). The maximum Gasteiger partial charge on any atom is 0.191 e. The summed E-state index contributed by atoms with van der Waals surface area (Å²) in [5.74, 6) is 2.62. The van der Waals surface area contributed by atoms with E-state index in [1.54, 1.807) is 7.11 Å². The molecule has 160 valence electrons. The quantitative estimate of drug-likeness (QED) is 0.194. The monoisotopic (exact) mass is 506 g/mol. The topological polar surface area (TPSA) is 85.6 Å². The van der Waals surface area contributed by atoms with Crippen molar-refractivity contribution in [2.24, 2.45) is 4.99 Å². The number of aryl methyl sites for hydroxylation is 1. The van der Waals surface area contributed by atoms with E-state index in [2.05, 4.69) is 25.7 Å². The first-order valence-corrected chi connectivity index (χ1v) is 10.3. The van der Waals surface area contributed by atoms with Gasteiger partial charge in [-0.15, -0.1) is 24.0 Å². The summed E-state index contributed by atoms with van der Waals surface area (Å²) in [5, 5.41) is 11.4. The van der Waals surface area contributed by atoms with Crippen molar-refractivity contribution in [1.82, 2.24) is 25.4 Å². The highest BCUT2D eigenvalue weighted by molar-refractivity contribution is 14.0. The number of hydrogen-bond acceptors (Lipinski definition) is 5. The van der Waals surface area contributed by atoms with Gasteiger partial charge in [0.1, 0.15) is 12.4 Å². The third-order valence-corrected chi connectivity index (χ3v) is 5.29. The van der Waals surface area contributed by atoms with Crippen LogP contribution in [0.4, 0.5) is 0 Å². The van der Waals surface area contributed by atoms with Crippen LogP contribution in [0.5, 0.6) is 0 Å². The summed E-state index contributed by atoms with van der Waals surface area (Å²) < 4.78 is 13.1. The summed E-state index contributed by atoms with van der Waals surface area (Å²) >= 11 is 0. The van der Waals surface area contributed by atoms with E-state index >= 15 is 0 Å². The van der Waals surface area contributed by atoms with Crippen molar-refractivity contribution in [3.05, 3.63) is 11.6 Å². The Bertz CT molecular complexity index is 601. The van der Waals surface area contributed by atoms with Gasteiger partial charge in [-0.2, -0.15) is 5.10 Å². The van der Waals surface area contributed by atoms with Crippen LogP contribution in [0.15, 0.2) is 4.99 Å². The molecule has 1 aliphatic heterocycles. The largest absolute Gasteiger partial charge is 0.377 e. The first-order valence-electron chi connectivity index (χ1n) is 10.3. The standard InChI is InChI=1S/C19H34N6O2.HI/c1-20-19(21-11-12-27-16-7-5-3-4-6-8-16)22-15-9-10-18-23-17(14-26-2)24-25(18)13-15;/h15-16H,3-14H2,1-2H3,(H2,20,21,22);1H. The van der Waals surface area contributed by atoms with Gasteiger partial charge in [0.25, 0.3) is 0 Å². The van der Waals surface area contributed by atoms with Crippen LogP contribution in [0, 0.1) is 0 Å². The van der Waals surface area contributed by atoms with Crippen LogP contribution >= 0.6 is 24.0 Å². The van der Waals surface area contributed by atoms with Crippen LogP contribution in [0.1, 0.15) is 56.6 Å². The number of methoxy groups -OCH3 is 1. The molecule has 2 N–H and O–H groups in total. The smallest absolute Gasteiger partial charge is 0.191 e. The van der Waals surface area contributed by atoms with E-state index in [0.717, 1.165) is 50.1 Å². The maximum absolute atomic E-state index is 6.04. The molecular formula is C19H35IN6O2. The third-order valence-electron chi connectivity index (χ3n) is 5.29. The van der Waals surface area contributed by atoms with E-state index in [-0.39, 0.29) is 24.0 Å². The number of rotatable bonds is 7. The number of aliphatic imine (C=N–C) groups is 1. The Hall–Kier alpha value is -0.940. The number of nitrogens with zero attached hydrogens (tertiary/aromatic N) is 4. The zero-order chi connectivity index (χ0) is 18.9. The van der Waals surface area contributed by atoms with Crippen molar-refractivity contribution < 1.29 is 9.47 Å². The molecule has 0 radical (unpaired) electrons. The molecule has 2 aliphatic rings. The molecule has 0 spiro atoms. The minimum absolute atomic E-state index is 0. The minimum atomic E-state index is 0. The molecule has 9 heteroatoms. The molecule has 8 nitrogen and oxygen atoms in total. The van der Waals surface area contributed by atoms with Crippen LogP contribution < -0.4 is 10.6 Å². The van der Waals surface area contributed by atoms with E-state index in [0.29, 0.717) is 18.8 Å². The average Bonchev–Trinajstić information content (AvgIpc) is 2.89. The van der Waals surface area contributed by atoms with Gasteiger partial charge in [0.15, 0.2) is 11.8 Å². The summed E-state index contributed by atoms with van der Waals surface area (Å²) in [6.45, 7) is 2.76. The fourth-order valence-electron chi connectivity index (χ4n) is 3.86. The molecule has 2 heterocycles. The van der Waals surface area contributed by atoms with Crippen molar-refractivity contribution in [2.75, 3.05) is 27.3 Å². The van der Waals surface area contributed by atoms with E-state index in [9.17, 15) is 0 Å². The molecule has 0 aromatic carbocycles. The van der Waals surface area contributed by atoms with E-state index in [1.165, 1.54) is 38.5 Å². The second-order valence-electron chi connectivity index (χ2n) is 7.42. The molecule has 1 aromatic heterocycles. The van der Waals surface area contributed by atoms with Crippen LogP contribution in [0.3, 0.4) is 0 Å². The maximum atomic E-state index is 6.04. The van der Waals surface area contributed by atoms with Gasteiger partial charge in [0, 0.05) is 33.2 Å². The molecule has 28 heavy (non-hydrogen) atoms. The lowest BCUT2D eigenvalue weighted by atomic mass is 10.1. The zero-order valence-electron chi connectivity index (χ0n) is 17.2. The number of fused-ring (bicyclic) bond motifs is 1. The summed E-state index contributed by atoms with van der Waals surface area (Å²) in [7, 11) is 3.47. The number of nitrogens with one attached hydrogen (secondary N) is 2. The van der Waals surface area contributed by atoms with E-state index in [1.807, 2.05) is 11.7 Å². The van der Waals surface area contributed by atoms with Gasteiger partial charge in [-0.25, -0.2) is 9.67 Å². The molecule has 1 aromatic rings. The van der Waals surface area contributed by atoms with Crippen LogP contribution in [-0.4, -0.2) is 60.2 Å². The highest BCUT2D eigenvalue weighted by atomic mass is 127. The van der Waals surface area contributed by atoms with Crippen molar-refractivity contribution in [3.63, 3.8) is 0 Å². The Morgan fingerprint density at radius 2 is 2.00 bits per heavy atom. The molecule has 1 saturated carbocycles. The van der Waals surface area contributed by atoms with Crippen LogP contribution in [0.2, 0.25) is 0 Å². The average molecular weight is 506 g/mol. The van der Waals surface area contributed by atoms with Gasteiger partial charge in [-0.05, 0) is 19.3 Å². The van der Waals surface area contributed by atoms with Crippen LogP contribution in [0.25, 0.3) is 0 Å². The lowest BCUT2D eigenvalue weighted by Gasteiger charge is -2.25. The van der Waals surface area contributed by atoms with Crippen LogP contribution in [-0.2, 0) is 29.0 Å². The number of halogens is 1. The van der Waals surface area contributed by atoms with Crippen molar-refractivity contribution in [1.29, 1.82) is 0 Å². The minimum Gasteiger partial charge on any atom is -0.377 e. The predicted molar refractivity (Wildman–Crippen MR) is 120 cm³/mol. The van der Waals surface area contributed by atoms with Crippen molar-refractivity contribution >= 4 is 29.9 Å². The molecular weight excluding hydrogens is 471 g/mol. The Morgan fingerprint density at radius 3 is 2.71 bits per heavy atom. The summed E-state index contributed by atoms with van der Waals surface area (Å²) in [6, 6.07) is 0.295. The molecule has 1 fully saturated rings. The lowest BCUT2D eigenvalue weighted by molar-refractivity contribution is 0.0467. The van der Waals surface area contributed by atoms with Gasteiger partial charge in [-0.3, -0.25) is 4.99 Å². The molecule has 1 aliphatic carbocycles. The zero-order valence-corrected chi connectivity index (χ0v) is 19.5. The first kappa shape index (κ1) is 23.3. The fourth-order valence-corrected chi connectivity index (χ4v) is 3.86. The van der Waals surface area contributed by atoms with Gasteiger partial charge in [0.2, 0.25) is 0 Å². The molecule has 0 amide bonds. The van der Waals surface area contributed by atoms with Gasteiger partial charge >= 0.3 is 0 Å². The number of guanidine groups is 1. The lowest BCUT2D eigenvalue weighted by Crippen LogP contribution is -2.47. The van der Waals surface area contributed by atoms with E-state index in [4.69, 9.17) is 9.47 Å².